The minimum atomic E-state index is -4.26. The molecule has 0 saturated heterocycles. The lowest BCUT2D eigenvalue weighted by Crippen LogP contribution is -2.04. The van der Waals surface area contributed by atoms with Crippen LogP contribution < -0.4 is 0 Å². The lowest BCUT2D eigenvalue weighted by Gasteiger charge is -2.11. The van der Waals surface area contributed by atoms with Crippen LogP contribution in [0.5, 0.6) is 0 Å². The van der Waals surface area contributed by atoms with Crippen LogP contribution in [0.3, 0.4) is 0 Å². The molecule has 0 N–H and O–H groups in total. The van der Waals surface area contributed by atoms with E-state index in [1.807, 2.05) is 6.92 Å². The zero-order valence-corrected chi connectivity index (χ0v) is 7.81. The van der Waals surface area contributed by atoms with E-state index in [0.29, 0.717) is 6.32 Å². The van der Waals surface area contributed by atoms with Crippen molar-refractivity contribution in [2.45, 2.75) is 25.3 Å². The van der Waals surface area contributed by atoms with Gasteiger partial charge in [-0.2, -0.15) is 13.2 Å². The monoisotopic (exact) mass is 198 g/mol. The predicted octanol–water partition coefficient (Wildman–Crippen LogP) is 3.40. The van der Waals surface area contributed by atoms with E-state index >= 15 is 0 Å². The highest BCUT2D eigenvalue weighted by Gasteiger charge is 2.29. The van der Waals surface area contributed by atoms with Crippen LogP contribution in [0.2, 0.25) is 6.32 Å². The van der Waals surface area contributed by atoms with Gasteiger partial charge < -0.3 is 0 Å². The van der Waals surface area contributed by atoms with Gasteiger partial charge in [0.05, 0.1) is 13.4 Å². The second-order valence-corrected chi connectivity index (χ2v) is 3.26. The Hall–Kier alpha value is -0.925. The highest BCUT2D eigenvalue weighted by Crippen LogP contribution is 2.30. The van der Waals surface area contributed by atoms with E-state index in [2.05, 4.69) is 0 Å². The van der Waals surface area contributed by atoms with Crippen molar-refractivity contribution in [1.82, 2.24) is 0 Å². The Morgan fingerprint density at radius 2 is 1.71 bits per heavy atom. The van der Waals surface area contributed by atoms with Crippen LogP contribution in [0, 0.1) is 0 Å². The Morgan fingerprint density at radius 3 is 2.07 bits per heavy atom. The Morgan fingerprint density at radius 1 is 1.21 bits per heavy atom. The van der Waals surface area contributed by atoms with Gasteiger partial charge in [0.2, 0.25) is 0 Å². The molecule has 2 radical (unpaired) electrons. The van der Waals surface area contributed by atoms with Crippen molar-refractivity contribution >= 4 is 7.85 Å². The zero-order chi connectivity index (χ0) is 10.8. The summed E-state index contributed by atoms with van der Waals surface area (Å²) in [6.07, 6.45) is -3.82. The summed E-state index contributed by atoms with van der Waals surface area (Å²) >= 11 is 0. The number of hydrogen-bond acceptors (Lipinski definition) is 0. The molecule has 1 rings (SSSR count). The van der Waals surface area contributed by atoms with Gasteiger partial charge in [0, 0.05) is 0 Å². The molecule has 4 heteroatoms. The first-order valence-electron chi connectivity index (χ1n) is 4.32. The minimum absolute atomic E-state index is 0.0947. The minimum Gasteiger partial charge on any atom is -0.166 e. The highest BCUT2D eigenvalue weighted by molar-refractivity contribution is 6.09. The van der Waals surface area contributed by atoms with Crippen molar-refractivity contribution in [2.75, 3.05) is 0 Å². The molecule has 0 spiro atoms. The van der Waals surface area contributed by atoms with E-state index in [9.17, 15) is 13.2 Å². The smallest absolute Gasteiger partial charge is 0.166 e. The first kappa shape index (κ1) is 11.2. The van der Waals surface area contributed by atoms with E-state index in [1.165, 1.54) is 12.1 Å². The highest BCUT2D eigenvalue weighted by atomic mass is 19.4. The average molecular weight is 198 g/mol. The number of halogens is 3. The molecule has 1 aromatic rings. The van der Waals surface area contributed by atoms with Crippen molar-refractivity contribution in [3.8, 4) is 0 Å². The Labute approximate surface area is 82.5 Å². The van der Waals surface area contributed by atoms with Crippen LogP contribution >= 0.6 is 0 Å². The molecular weight excluding hydrogens is 188 g/mol. The molecule has 0 heterocycles. The van der Waals surface area contributed by atoms with Crippen LogP contribution in [0.25, 0.3) is 0 Å². The lowest BCUT2D eigenvalue weighted by atomic mass is 9.87. The molecule has 0 aliphatic heterocycles. The zero-order valence-electron chi connectivity index (χ0n) is 7.81. The Bertz CT molecular complexity index is 289. The Kier molecular flexibility index (Phi) is 3.24. The molecule has 0 nitrogen and oxygen atoms in total. The lowest BCUT2D eigenvalue weighted by molar-refractivity contribution is -0.137. The van der Waals surface area contributed by atoms with Crippen LogP contribution in [0.15, 0.2) is 24.3 Å². The molecule has 0 bridgehead atoms. The first-order chi connectivity index (χ1) is 6.45. The standard InChI is InChI=1S/C10H10BF3/c1-7(6-11)8-2-4-9(5-3-8)10(12,13)14/h2-5,7H,6H2,1H3/t7-/m0/s1. The summed E-state index contributed by atoms with van der Waals surface area (Å²) in [6.45, 7) is 1.88. The van der Waals surface area contributed by atoms with Crippen molar-refractivity contribution < 1.29 is 13.2 Å². The van der Waals surface area contributed by atoms with Gasteiger partial charge in [-0.1, -0.05) is 25.4 Å². The average Bonchev–Trinajstić information content (AvgIpc) is 2.15. The fourth-order valence-electron chi connectivity index (χ4n) is 1.14. The summed E-state index contributed by atoms with van der Waals surface area (Å²) in [5.74, 6) is 0.0947. The molecule has 0 fully saturated rings. The van der Waals surface area contributed by atoms with Crippen molar-refractivity contribution in [1.29, 1.82) is 0 Å². The third-order valence-corrected chi connectivity index (χ3v) is 2.16. The van der Waals surface area contributed by atoms with Gasteiger partial charge in [0.25, 0.3) is 0 Å². The maximum absolute atomic E-state index is 12.2. The number of rotatable bonds is 2. The van der Waals surface area contributed by atoms with Gasteiger partial charge in [-0.15, -0.1) is 0 Å². The summed E-state index contributed by atoms with van der Waals surface area (Å²) in [5.41, 5.74) is 0.214. The number of alkyl halides is 3. The molecule has 0 amide bonds. The maximum atomic E-state index is 12.2. The van der Waals surface area contributed by atoms with Crippen LogP contribution in [-0.4, -0.2) is 7.85 Å². The van der Waals surface area contributed by atoms with Gasteiger partial charge in [0.15, 0.2) is 0 Å². The van der Waals surface area contributed by atoms with Crippen LogP contribution in [0.4, 0.5) is 13.2 Å². The van der Waals surface area contributed by atoms with Gasteiger partial charge in [-0.3, -0.25) is 0 Å². The summed E-state index contributed by atoms with van der Waals surface area (Å²) in [7, 11) is 5.41. The summed E-state index contributed by atoms with van der Waals surface area (Å²) < 4.78 is 36.5. The van der Waals surface area contributed by atoms with Crippen molar-refractivity contribution in [3.05, 3.63) is 35.4 Å². The largest absolute Gasteiger partial charge is 0.416 e. The van der Waals surface area contributed by atoms with E-state index in [-0.39, 0.29) is 5.92 Å². The predicted molar refractivity (Wildman–Crippen MR) is 50.4 cm³/mol. The van der Waals surface area contributed by atoms with Crippen LogP contribution in [-0.2, 0) is 6.18 Å². The molecular formula is C10H10BF3. The third-order valence-electron chi connectivity index (χ3n) is 2.16. The van der Waals surface area contributed by atoms with E-state index in [0.717, 1.165) is 17.7 Å². The van der Waals surface area contributed by atoms with E-state index in [1.54, 1.807) is 0 Å². The SMILES string of the molecule is [B]C[C@H](C)c1ccc(C(F)(F)F)cc1. The molecule has 1 aromatic carbocycles. The summed E-state index contributed by atoms with van der Waals surface area (Å²) in [6, 6.07) is 5.11. The molecule has 0 aliphatic carbocycles. The topological polar surface area (TPSA) is 0 Å². The number of benzene rings is 1. The quantitative estimate of drug-likeness (QED) is 0.638. The van der Waals surface area contributed by atoms with Crippen LogP contribution in [0.1, 0.15) is 24.0 Å². The summed E-state index contributed by atoms with van der Waals surface area (Å²) in [4.78, 5) is 0. The fourth-order valence-corrected chi connectivity index (χ4v) is 1.14. The number of hydrogen-bond donors (Lipinski definition) is 0. The van der Waals surface area contributed by atoms with Gasteiger partial charge in [-0.25, -0.2) is 0 Å². The molecule has 0 saturated carbocycles. The van der Waals surface area contributed by atoms with E-state index in [4.69, 9.17) is 7.85 Å². The molecule has 1 atom stereocenters. The molecule has 14 heavy (non-hydrogen) atoms. The molecule has 0 unspecified atom stereocenters. The van der Waals surface area contributed by atoms with Gasteiger partial charge in [-0.05, 0) is 23.6 Å². The van der Waals surface area contributed by atoms with E-state index < -0.39 is 11.7 Å². The Balaban J connectivity index is 2.89. The molecule has 0 aliphatic rings. The fraction of sp³-hybridized carbons (Fsp3) is 0.400. The first-order valence-corrected chi connectivity index (χ1v) is 4.32. The summed E-state index contributed by atoms with van der Waals surface area (Å²) in [5, 5.41) is 0. The van der Waals surface area contributed by atoms with Crippen molar-refractivity contribution in [3.63, 3.8) is 0 Å². The third kappa shape index (κ3) is 2.53. The van der Waals surface area contributed by atoms with Crippen molar-refractivity contribution in [2.24, 2.45) is 0 Å². The second-order valence-electron chi connectivity index (χ2n) is 3.26. The molecule has 74 valence electrons. The second kappa shape index (κ2) is 4.07. The maximum Gasteiger partial charge on any atom is 0.416 e. The normalized spacial score (nSPS) is 14.0. The molecule has 0 aromatic heterocycles. The van der Waals surface area contributed by atoms with Gasteiger partial charge in [0.1, 0.15) is 0 Å². The van der Waals surface area contributed by atoms with Gasteiger partial charge >= 0.3 is 6.18 Å².